The van der Waals surface area contributed by atoms with Gasteiger partial charge >= 0.3 is 0 Å². The number of ether oxygens (including phenoxy) is 1. The molecule has 0 saturated heterocycles. The zero-order chi connectivity index (χ0) is 19.2. The summed E-state index contributed by atoms with van der Waals surface area (Å²) in [5, 5.41) is 14.2. The Labute approximate surface area is 167 Å². The molecule has 1 aromatic carbocycles. The lowest BCUT2D eigenvalue weighted by atomic mass is 10.2. The number of carbonyl (C=O) groups is 1. The van der Waals surface area contributed by atoms with E-state index in [1.165, 1.54) is 16.6 Å². The van der Waals surface area contributed by atoms with Gasteiger partial charge in [0.25, 0.3) is 0 Å². The number of thiophene rings is 1. The van der Waals surface area contributed by atoms with Crippen molar-refractivity contribution in [2.75, 3.05) is 17.7 Å². The van der Waals surface area contributed by atoms with Crippen LogP contribution in [0.5, 0.6) is 5.75 Å². The predicted octanol–water partition coefficient (Wildman–Crippen LogP) is 4.24. The van der Waals surface area contributed by atoms with Crippen LogP contribution in [-0.2, 0) is 18.3 Å². The van der Waals surface area contributed by atoms with Crippen LogP contribution in [0.2, 0.25) is 0 Å². The highest BCUT2D eigenvalue weighted by Gasteiger charge is 2.14. The van der Waals surface area contributed by atoms with E-state index >= 15 is 0 Å². The van der Waals surface area contributed by atoms with E-state index in [0.717, 1.165) is 34.4 Å². The van der Waals surface area contributed by atoms with Crippen LogP contribution in [0.1, 0.15) is 18.7 Å². The van der Waals surface area contributed by atoms with Crippen molar-refractivity contribution in [2.45, 2.75) is 25.4 Å². The highest BCUT2D eigenvalue weighted by Crippen LogP contribution is 2.27. The van der Waals surface area contributed by atoms with Crippen molar-refractivity contribution in [1.29, 1.82) is 0 Å². The lowest BCUT2D eigenvalue weighted by molar-refractivity contribution is -0.113. The van der Waals surface area contributed by atoms with Crippen LogP contribution < -0.4 is 10.1 Å². The maximum absolute atomic E-state index is 12.2. The Morgan fingerprint density at radius 3 is 2.70 bits per heavy atom. The van der Waals surface area contributed by atoms with E-state index < -0.39 is 0 Å². The van der Waals surface area contributed by atoms with Gasteiger partial charge in [-0.25, -0.2) is 0 Å². The van der Waals surface area contributed by atoms with E-state index in [-0.39, 0.29) is 11.7 Å². The van der Waals surface area contributed by atoms with Crippen molar-refractivity contribution in [3.05, 3.63) is 40.6 Å². The molecule has 0 fully saturated rings. The monoisotopic (exact) mass is 402 g/mol. The second kappa shape index (κ2) is 9.05. The van der Waals surface area contributed by atoms with Gasteiger partial charge in [-0.3, -0.25) is 4.79 Å². The molecule has 142 valence electrons. The largest absolute Gasteiger partial charge is 0.494 e. The van der Waals surface area contributed by atoms with Crippen LogP contribution in [0.3, 0.4) is 0 Å². The van der Waals surface area contributed by atoms with Gasteiger partial charge in [0.05, 0.1) is 12.4 Å². The fourth-order valence-electron chi connectivity index (χ4n) is 2.50. The average molecular weight is 403 g/mol. The molecule has 0 radical (unpaired) electrons. The number of anilines is 1. The van der Waals surface area contributed by atoms with Crippen LogP contribution in [0.15, 0.2) is 40.9 Å². The van der Waals surface area contributed by atoms with Gasteiger partial charge < -0.3 is 14.6 Å². The standard InChI is InChI=1S/C19H22N4O2S2/c1-4-16-10-13(11-26-16)18-21-22-19(23(18)3)27-12-17(24)20-14-6-8-15(9-7-14)25-5-2/h6-11H,4-5,12H2,1-3H3,(H,20,24). The van der Waals surface area contributed by atoms with E-state index in [0.29, 0.717) is 6.61 Å². The minimum atomic E-state index is -0.0856. The minimum Gasteiger partial charge on any atom is -0.494 e. The number of thioether (sulfide) groups is 1. The molecule has 1 N–H and O–H groups in total. The molecule has 1 amide bonds. The summed E-state index contributed by atoms with van der Waals surface area (Å²) in [6.45, 7) is 4.69. The highest BCUT2D eigenvalue weighted by molar-refractivity contribution is 7.99. The molecule has 2 heterocycles. The first kappa shape index (κ1) is 19.4. The number of aromatic nitrogens is 3. The Bertz CT molecular complexity index is 903. The molecule has 8 heteroatoms. The van der Waals surface area contributed by atoms with Gasteiger partial charge in [0, 0.05) is 28.6 Å². The molecule has 0 aliphatic heterocycles. The summed E-state index contributed by atoms with van der Waals surface area (Å²) in [6, 6.07) is 9.48. The Hall–Kier alpha value is -2.32. The van der Waals surface area contributed by atoms with Crippen LogP contribution in [0, 0.1) is 0 Å². The number of hydrogen-bond donors (Lipinski definition) is 1. The van der Waals surface area contributed by atoms with Crippen molar-refractivity contribution in [1.82, 2.24) is 14.8 Å². The quantitative estimate of drug-likeness (QED) is 0.571. The Morgan fingerprint density at radius 2 is 2.04 bits per heavy atom. The molecule has 27 heavy (non-hydrogen) atoms. The normalized spacial score (nSPS) is 10.8. The maximum Gasteiger partial charge on any atom is 0.234 e. The Kier molecular flexibility index (Phi) is 6.52. The number of aryl methyl sites for hydroxylation is 1. The van der Waals surface area contributed by atoms with Gasteiger partial charge in [-0.05, 0) is 43.7 Å². The highest BCUT2D eigenvalue weighted by atomic mass is 32.2. The van der Waals surface area contributed by atoms with E-state index in [1.54, 1.807) is 11.3 Å². The number of carbonyl (C=O) groups excluding carboxylic acids is 1. The third-order valence-electron chi connectivity index (χ3n) is 3.88. The van der Waals surface area contributed by atoms with Crippen LogP contribution in [0.25, 0.3) is 11.4 Å². The lowest BCUT2D eigenvalue weighted by Crippen LogP contribution is -2.14. The summed E-state index contributed by atoms with van der Waals surface area (Å²) in [4.78, 5) is 13.5. The molecular formula is C19H22N4O2S2. The van der Waals surface area contributed by atoms with Crippen molar-refractivity contribution in [3.8, 4) is 17.1 Å². The first-order valence-corrected chi connectivity index (χ1v) is 10.6. The lowest BCUT2D eigenvalue weighted by Gasteiger charge is -2.07. The topological polar surface area (TPSA) is 69.0 Å². The molecule has 0 aliphatic carbocycles. The van der Waals surface area contributed by atoms with E-state index in [1.807, 2.05) is 42.8 Å². The summed E-state index contributed by atoms with van der Waals surface area (Å²) in [6.07, 6.45) is 1.01. The van der Waals surface area contributed by atoms with Gasteiger partial charge in [0.15, 0.2) is 11.0 Å². The molecule has 0 spiro atoms. The summed E-state index contributed by atoms with van der Waals surface area (Å²) < 4.78 is 7.32. The number of amides is 1. The molecule has 3 aromatic rings. The van der Waals surface area contributed by atoms with E-state index in [2.05, 4.69) is 33.9 Å². The molecule has 0 bridgehead atoms. The fourth-order valence-corrected chi connectivity index (χ4v) is 4.03. The van der Waals surface area contributed by atoms with Gasteiger partial charge in [-0.2, -0.15) is 0 Å². The third kappa shape index (κ3) is 4.90. The Morgan fingerprint density at radius 1 is 1.26 bits per heavy atom. The van der Waals surface area contributed by atoms with Gasteiger partial charge in [-0.15, -0.1) is 21.5 Å². The van der Waals surface area contributed by atoms with Crippen molar-refractivity contribution < 1.29 is 9.53 Å². The van der Waals surface area contributed by atoms with Crippen molar-refractivity contribution in [2.24, 2.45) is 7.05 Å². The first-order valence-electron chi connectivity index (χ1n) is 8.73. The fraction of sp³-hybridized carbons (Fsp3) is 0.316. The predicted molar refractivity (Wildman–Crippen MR) is 111 cm³/mol. The summed E-state index contributed by atoms with van der Waals surface area (Å²) in [5.41, 5.74) is 1.81. The number of nitrogens with zero attached hydrogens (tertiary/aromatic N) is 3. The van der Waals surface area contributed by atoms with Gasteiger partial charge in [0.2, 0.25) is 5.91 Å². The maximum atomic E-state index is 12.2. The summed E-state index contributed by atoms with van der Waals surface area (Å²) in [7, 11) is 1.92. The zero-order valence-electron chi connectivity index (χ0n) is 15.6. The molecule has 6 nitrogen and oxygen atoms in total. The SMILES string of the molecule is CCOc1ccc(NC(=O)CSc2nnc(-c3csc(CC)c3)n2C)cc1. The molecule has 0 atom stereocenters. The van der Waals surface area contributed by atoms with Crippen LogP contribution >= 0.6 is 23.1 Å². The Balaban J connectivity index is 1.57. The number of benzene rings is 1. The van der Waals surface area contributed by atoms with Crippen molar-refractivity contribution >= 4 is 34.7 Å². The molecule has 0 unspecified atom stereocenters. The van der Waals surface area contributed by atoms with Gasteiger partial charge in [-0.1, -0.05) is 18.7 Å². The molecule has 0 saturated carbocycles. The van der Waals surface area contributed by atoms with E-state index in [9.17, 15) is 4.79 Å². The van der Waals surface area contributed by atoms with Crippen LogP contribution in [0.4, 0.5) is 5.69 Å². The number of nitrogens with one attached hydrogen (secondary N) is 1. The second-order valence-electron chi connectivity index (χ2n) is 5.81. The minimum absolute atomic E-state index is 0.0856. The smallest absolute Gasteiger partial charge is 0.234 e. The molecule has 0 aliphatic rings. The van der Waals surface area contributed by atoms with Gasteiger partial charge in [0.1, 0.15) is 5.75 Å². The summed E-state index contributed by atoms with van der Waals surface area (Å²) >= 11 is 3.09. The first-order chi connectivity index (χ1) is 13.1. The second-order valence-corrected chi connectivity index (χ2v) is 7.75. The molecular weight excluding hydrogens is 380 g/mol. The number of rotatable bonds is 8. The molecule has 3 rings (SSSR count). The third-order valence-corrected chi connectivity index (χ3v) is 5.98. The van der Waals surface area contributed by atoms with Crippen LogP contribution in [-0.4, -0.2) is 33.0 Å². The summed E-state index contributed by atoms with van der Waals surface area (Å²) in [5.74, 6) is 1.79. The van der Waals surface area contributed by atoms with Crippen molar-refractivity contribution in [3.63, 3.8) is 0 Å². The number of hydrogen-bond acceptors (Lipinski definition) is 6. The average Bonchev–Trinajstić information content (AvgIpc) is 3.28. The zero-order valence-corrected chi connectivity index (χ0v) is 17.2. The molecule has 2 aromatic heterocycles. The van der Waals surface area contributed by atoms with E-state index in [4.69, 9.17) is 4.74 Å².